The van der Waals surface area contributed by atoms with E-state index in [1.165, 1.54) is 42.4 Å². The smallest absolute Gasteiger partial charge is 0.0348 e. The van der Waals surface area contributed by atoms with Crippen LogP contribution < -0.4 is 10.6 Å². The minimum absolute atomic E-state index is 0.512. The second-order valence-electron chi connectivity index (χ2n) is 6.03. The van der Waals surface area contributed by atoms with E-state index >= 15 is 0 Å². The average Bonchev–Trinajstić information content (AvgIpc) is 2.44. The van der Waals surface area contributed by atoms with Crippen LogP contribution in [-0.4, -0.2) is 20.1 Å². The molecule has 19 heavy (non-hydrogen) atoms. The van der Waals surface area contributed by atoms with Gasteiger partial charge in [0.05, 0.1) is 0 Å². The van der Waals surface area contributed by atoms with Gasteiger partial charge in [0.25, 0.3) is 0 Å². The Morgan fingerprint density at radius 3 is 2.32 bits per heavy atom. The summed E-state index contributed by atoms with van der Waals surface area (Å²) in [6, 6.07) is 8.07. The number of benzene rings is 1. The molecule has 106 valence electrons. The van der Waals surface area contributed by atoms with Gasteiger partial charge in [-0.25, -0.2) is 0 Å². The molecule has 2 N–H and O–H groups in total. The van der Waals surface area contributed by atoms with Gasteiger partial charge in [-0.1, -0.05) is 23.8 Å². The Bertz CT molecular complexity index is 406. The lowest BCUT2D eigenvalue weighted by Crippen LogP contribution is -2.35. The first-order valence-electron chi connectivity index (χ1n) is 7.57. The molecule has 1 aromatic carbocycles. The van der Waals surface area contributed by atoms with Crippen molar-refractivity contribution in [3.05, 3.63) is 34.9 Å². The minimum Gasteiger partial charge on any atom is -0.317 e. The van der Waals surface area contributed by atoms with Crippen molar-refractivity contribution in [1.82, 2.24) is 10.6 Å². The summed E-state index contributed by atoms with van der Waals surface area (Å²) in [6.45, 7) is 4.42. The number of hydrogen-bond acceptors (Lipinski definition) is 2. The Balaban J connectivity index is 2.14. The maximum Gasteiger partial charge on any atom is 0.0348 e. The zero-order valence-electron chi connectivity index (χ0n) is 12.8. The molecule has 0 saturated heterocycles. The highest BCUT2D eigenvalue weighted by Gasteiger charge is 2.27. The summed E-state index contributed by atoms with van der Waals surface area (Å²) in [5, 5.41) is 6.99. The fraction of sp³-hybridized carbons (Fsp3) is 0.647. The van der Waals surface area contributed by atoms with Crippen molar-refractivity contribution < 1.29 is 0 Å². The van der Waals surface area contributed by atoms with E-state index in [-0.39, 0.29) is 0 Å². The molecule has 0 amide bonds. The van der Waals surface area contributed by atoms with Crippen molar-refractivity contribution in [2.24, 2.45) is 5.92 Å². The molecular formula is C17H28N2. The van der Waals surface area contributed by atoms with Gasteiger partial charge < -0.3 is 10.6 Å². The van der Waals surface area contributed by atoms with E-state index in [0.29, 0.717) is 6.04 Å². The number of rotatable bonds is 4. The standard InChI is InChI=1S/C17H28N2/c1-12-5-6-13(2)16(11-12)17(19-4)14-7-9-15(18-3)10-8-14/h5-6,11,14-15,17-19H,7-10H2,1-4H3. The molecule has 2 nitrogen and oxygen atoms in total. The zero-order chi connectivity index (χ0) is 13.8. The van der Waals surface area contributed by atoms with Crippen LogP contribution in [0.15, 0.2) is 18.2 Å². The van der Waals surface area contributed by atoms with Crippen LogP contribution in [0.5, 0.6) is 0 Å². The second kappa shape index (κ2) is 6.53. The van der Waals surface area contributed by atoms with E-state index in [9.17, 15) is 0 Å². The summed E-state index contributed by atoms with van der Waals surface area (Å²) < 4.78 is 0. The van der Waals surface area contributed by atoms with Crippen LogP contribution >= 0.6 is 0 Å². The first-order valence-corrected chi connectivity index (χ1v) is 7.57. The van der Waals surface area contributed by atoms with Crippen LogP contribution in [0.2, 0.25) is 0 Å². The van der Waals surface area contributed by atoms with Gasteiger partial charge in [-0.2, -0.15) is 0 Å². The Kier molecular flexibility index (Phi) is 5.00. The van der Waals surface area contributed by atoms with Gasteiger partial charge in [0, 0.05) is 12.1 Å². The summed E-state index contributed by atoms with van der Waals surface area (Å²) in [5.41, 5.74) is 4.28. The predicted octanol–water partition coefficient (Wildman–Crippen LogP) is 3.34. The number of hydrogen-bond donors (Lipinski definition) is 2. The van der Waals surface area contributed by atoms with Crippen molar-refractivity contribution in [3.63, 3.8) is 0 Å². The number of nitrogens with one attached hydrogen (secondary N) is 2. The van der Waals surface area contributed by atoms with Crippen molar-refractivity contribution in [2.45, 2.75) is 51.6 Å². The van der Waals surface area contributed by atoms with Crippen molar-refractivity contribution >= 4 is 0 Å². The first-order chi connectivity index (χ1) is 9.15. The van der Waals surface area contributed by atoms with Crippen molar-refractivity contribution in [3.8, 4) is 0 Å². The van der Waals surface area contributed by atoms with Gasteiger partial charge >= 0.3 is 0 Å². The molecule has 0 heterocycles. The molecule has 0 aliphatic heterocycles. The van der Waals surface area contributed by atoms with Gasteiger partial charge in [0.1, 0.15) is 0 Å². The third-order valence-electron chi connectivity index (χ3n) is 4.73. The predicted molar refractivity (Wildman–Crippen MR) is 82.5 cm³/mol. The van der Waals surface area contributed by atoms with Gasteiger partial charge in [-0.05, 0) is 70.7 Å². The molecule has 1 aliphatic carbocycles. The third kappa shape index (κ3) is 3.37. The van der Waals surface area contributed by atoms with Gasteiger partial charge in [-0.3, -0.25) is 0 Å². The monoisotopic (exact) mass is 260 g/mol. The van der Waals surface area contributed by atoms with Gasteiger partial charge in [0.15, 0.2) is 0 Å². The van der Waals surface area contributed by atoms with E-state index < -0.39 is 0 Å². The van der Waals surface area contributed by atoms with Crippen LogP contribution in [0.4, 0.5) is 0 Å². The Hall–Kier alpha value is -0.860. The lowest BCUT2D eigenvalue weighted by atomic mass is 9.78. The maximum absolute atomic E-state index is 3.57. The molecule has 2 heteroatoms. The first kappa shape index (κ1) is 14.5. The Labute approximate surface area is 118 Å². The molecular weight excluding hydrogens is 232 g/mol. The molecule has 2 rings (SSSR count). The zero-order valence-corrected chi connectivity index (χ0v) is 12.8. The van der Waals surface area contributed by atoms with E-state index in [0.717, 1.165) is 12.0 Å². The quantitative estimate of drug-likeness (QED) is 0.867. The van der Waals surface area contributed by atoms with Crippen molar-refractivity contribution in [2.75, 3.05) is 14.1 Å². The molecule has 1 atom stereocenters. The number of aryl methyl sites for hydroxylation is 2. The Morgan fingerprint density at radius 2 is 1.74 bits per heavy atom. The fourth-order valence-electron chi connectivity index (χ4n) is 3.48. The second-order valence-corrected chi connectivity index (χ2v) is 6.03. The van der Waals surface area contributed by atoms with Crippen LogP contribution in [0.3, 0.4) is 0 Å². The summed E-state index contributed by atoms with van der Waals surface area (Å²) in [6.07, 6.45) is 5.27. The maximum atomic E-state index is 3.57. The SMILES string of the molecule is CNC1CCC(C(NC)c2cc(C)ccc2C)CC1. The molecule has 1 unspecified atom stereocenters. The van der Waals surface area contributed by atoms with Crippen LogP contribution in [0.25, 0.3) is 0 Å². The molecule has 0 spiro atoms. The molecule has 1 aromatic rings. The Morgan fingerprint density at radius 1 is 1.05 bits per heavy atom. The summed E-state index contributed by atoms with van der Waals surface area (Å²) in [7, 11) is 4.20. The van der Waals surface area contributed by atoms with E-state index in [1.54, 1.807) is 0 Å². The molecule has 1 aliphatic rings. The summed E-state index contributed by atoms with van der Waals surface area (Å²) in [4.78, 5) is 0. The molecule has 1 fully saturated rings. The lowest BCUT2D eigenvalue weighted by molar-refractivity contribution is 0.247. The molecule has 0 bridgehead atoms. The molecule has 1 saturated carbocycles. The topological polar surface area (TPSA) is 24.1 Å². The van der Waals surface area contributed by atoms with E-state index in [2.05, 4.69) is 56.8 Å². The van der Waals surface area contributed by atoms with Gasteiger partial charge in [0.2, 0.25) is 0 Å². The largest absolute Gasteiger partial charge is 0.317 e. The minimum atomic E-state index is 0.512. The lowest BCUT2D eigenvalue weighted by Gasteiger charge is -2.34. The third-order valence-corrected chi connectivity index (χ3v) is 4.73. The fourth-order valence-corrected chi connectivity index (χ4v) is 3.48. The van der Waals surface area contributed by atoms with Gasteiger partial charge in [-0.15, -0.1) is 0 Å². The van der Waals surface area contributed by atoms with E-state index in [4.69, 9.17) is 0 Å². The van der Waals surface area contributed by atoms with Crippen LogP contribution in [-0.2, 0) is 0 Å². The van der Waals surface area contributed by atoms with Crippen LogP contribution in [0.1, 0.15) is 48.4 Å². The molecule has 0 radical (unpaired) electrons. The normalized spacial score (nSPS) is 25.3. The summed E-state index contributed by atoms with van der Waals surface area (Å²) in [5.74, 6) is 0.773. The highest BCUT2D eigenvalue weighted by atomic mass is 14.9. The highest BCUT2D eigenvalue weighted by Crippen LogP contribution is 2.35. The molecule has 0 aromatic heterocycles. The van der Waals surface area contributed by atoms with Crippen LogP contribution in [0, 0.1) is 19.8 Å². The average molecular weight is 260 g/mol. The van der Waals surface area contributed by atoms with E-state index in [1.807, 2.05) is 0 Å². The van der Waals surface area contributed by atoms with Crippen molar-refractivity contribution in [1.29, 1.82) is 0 Å². The summed E-state index contributed by atoms with van der Waals surface area (Å²) >= 11 is 0. The highest BCUT2D eigenvalue weighted by molar-refractivity contribution is 5.33.